The summed E-state index contributed by atoms with van der Waals surface area (Å²) in [7, 11) is -1.63. The molecule has 0 aliphatic heterocycles. The van der Waals surface area contributed by atoms with E-state index in [4.69, 9.17) is 11.6 Å². The number of hydrogen-bond acceptors (Lipinski definition) is 3. The third-order valence-electron chi connectivity index (χ3n) is 1.82. The van der Waals surface area contributed by atoms with Crippen LogP contribution in [0.5, 0.6) is 0 Å². The minimum Gasteiger partial charge on any atom is -0.325 e. The quantitative estimate of drug-likeness (QED) is 0.735. The van der Waals surface area contributed by atoms with Crippen LogP contribution in [0.1, 0.15) is 6.92 Å². The van der Waals surface area contributed by atoms with Gasteiger partial charge in [0.15, 0.2) is 0 Å². The van der Waals surface area contributed by atoms with E-state index in [1.54, 1.807) is 20.2 Å². The van der Waals surface area contributed by atoms with Crippen LogP contribution in [0.3, 0.4) is 0 Å². The van der Waals surface area contributed by atoms with E-state index in [1.165, 1.54) is 10.8 Å². The summed E-state index contributed by atoms with van der Waals surface area (Å²) in [6, 6.07) is 0. The van der Waals surface area contributed by atoms with Gasteiger partial charge in [0.05, 0.1) is 5.75 Å². The molecule has 0 bridgehead atoms. The van der Waals surface area contributed by atoms with Crippen molar-refractivity contribution < 1.29 is 8.42 Å². The SMILES string of the molecule is CC(CCl)CS(=O)(=O)c1nccn1C. The number of halogens is 1. The van der Waals surface area contributed by atoms with E-state index in [-0.39, 0.29) is 16.8 Å². The highest BCUT2D eigenvalue weighted by molar-refractivity contribution is 7.91. The average Bonchev–Trinajstić information content (AvgIpc) is 2.51. The fourth-order valence-corrected chi connectivity index (χ4v) is 3.12. The summed E-state index contributed by atoms with van der Waals surface area (Å²) in [5.74, 6) is 0.323. The molecule has 14 heavy (non-hydrogen) atoms. The van der Waals surface area contributed by atoms with Crippen LogP contribution >= 0.6 is 11.6 Å². The molecule has 0 saturated carbocycles. The van der Waals surface area contributed by atoms with Gasteiger partial charge in [0.25, 0.3) is 0 Å². The zero-order valence-electron chi connectivity index (χ0n) is 8.14. The molecule has 1 unspecified atom stereocenters. The van der Waals surface area contributed by atoms with E-state index >= 15 is 0 Å². The third-order valence-corrected chi connectivity index (χ3v) is 4.31. The standard InChI is InChI=1S/C8H13ClN2O2S/c1-7(5-9)6-14(12,13)8-10-3-4-11(8)2/h3-4,7H,5-6H2,1-2H3. The molecule has 0 N–H and O–H groups in total. The Kier molecular flexibility index (Phi) is 3.55. The minimum atomic E-state index is -3.29. The molecule has 0 aromatic carbocycles. The van der Waals surface area contributed by atoms with Crippen LogP contribution in [-0.2, 0) is 16.9 Å². The Balaban J connectivity index is 2.92. The Labute approximate surface area is 88.8 Å². The first-order valence-corrected chi connectivity index (χ1v) is 6.42. The van der Waals surface area contributed by atoms with Gasteiger partial charge in [-0.05, 0) is 5.92 Å². The second-order valence-electron chi connectivity index (χ2n) is 3.36. The van der Waals surface area contributed by atoms with Gasteiger partial charge in [-0.15, -0.1) is 11.6 Å². The van der Waals surface area contributed by atoms with E-state index in [9.17, 15) is 8.42 Å². The zero-order chi connectivity index (χ0) is 10.8. The highest BCUT2D eigenvalue weighted by Gasteiger charge is 2.21. The summed E-state index contributed by atoms with van der Waals surface area (Å²) < 4.78 is 25.0. The van der Waals surface area contributed by atoms with Crippen LogP contribution in [0.25, 0.3) is 0 Å². The molecule has 6 heteroatoms. The smallest absolute Gasteiger partial charge is 0.227 e. The van der Waals surface area contributed by atoms with Gasteiger partial charge in [0.2, 0.25) is 15.0 Å². The van der Waals surface area contributed by atoms with Crippen LogP contribution in [0.15, 0.2) is 17.6 Å². The van der Waals surface area contributed by atoms with Crippen LogP contribution in [-0.4, -0.2) is 29.6 Å². The van der Waals surface area contributed by atoms with Crippen LogP contribution in [0.4, 0.5) is 0 Å². The molecule has 0 aliphatic carbocycles. The number of alkyl halides is 1. The fraction of sp³-hybridized carbons (Fsp3) is 0.625. The topological polar surface area (TPSA) is 52.0 Å². The maximum Gasteiger partial charge on any atom is 0.227 e. The molecule has 1 aromatic heterocycles. The molecule has 0 aliphatic rings. The molecule has 0 saturated heterocycles. The summed E-state index contributed by atoms with van der Waals surface area (Å²) in [6.07, 6.45) is 3.08. The van der Waals surface area contributed by atoms with Gasteiger partial charge < -0.3 is 4.57 Å². The number of hydrogen-bond donors (Lipinski definition) is 0. The van der Waals surface area contributed by atoms with Crippen molar-refractivity contribution in [3.05, 3.63) is 12.4 Å². The largest absolute Gasteiger partial charge is 0.325 e. The van der Waals surface area contributed by atoms with Crippen molar-refractivity contribution in [2.45, 2.75) is 12.1 Å². The lowest BCUT2D eigenvalue weighted by molar-refractivity contribution is 0.567. The van der Waals surface area contributed by atoms with Crippen LogP contribution < -0.4 is 0 Å². The van der Waals surface area contributed by atoms with Gasteiger partial charge in [-0.3, -0.25) is 0 Å². The highest BCUT2D eigenvalue weighted by Crippen LogP contribution is 2.12. The summed E-state index contributed by atoms with van der Waals surface area (Å²) in [5.41, 5.74) is 0. The Bertz CT molecular complexity index is 399. The van der Waals surface area contributed by atoms with Crippen molar-refractivity contribution in [2.24, 2.45) is 13.0 Å². The highest BCUT2D eigenvalue weighted by atomic mass is 35.5. The van der Waals surface area contributed by atoms with Crippen molar-refractivity contribution in [2.75, 3.05) is 11.6 Å². The predicted molar refractivity (Wildman–Crippen MR) is 55.1 cm³/mol. The average molecular weight is 237 g/mol. The monoisotopic (exact) mass is 236 g/mol. The molecular formula is C8H13ClN2O2S. The molecule has 4 nitrogen and oxygen atoms in total. The molecule has 0 spiro atoms. The van der Waals surface area contributed by atoms with Crippen LogP contribution in [0, 0.1) is 5.92 Å². The van der Waals surface area contributed by atoms with Crippen molar-refractivity contribution in [1.29, 1.82) is 0 Å². The molecule has 1 aromatic rings. The minimum absolute atomic E-state index is 0.0430. The lowest BCUT2D eigenvalue weighted by atomic mass is 10.3. The van der Waals surface area contributed by atoms with E-state index in [2.05, 4.69) is 4.98 Å². The van der Waals surface area contributed by atoms with E-state index < -0.39 is 9.84 Å². The first-order chi connectivity index (χ1) is 6.47. The molecular weight excluding hydrogens is 224 g/mol. The van der Waals surface area contributed by atoms with Gasteiger partial charge in [-0.2, -0.15) is 0 Å². The van der Waals surface area contributed by atoms with Gasteiger partial charge >= 0.3 is 0 Å². The second-order valence-corrected chi connectivity index (χ2v) is 5.60. The van der Waals surface area contributed by atoms with Gasteiger partial charge in [0, 0.05) is 25.3 Å². The van der Waals surface area contributed by atoms with Crippen molar-refractivity contribution >= 4 is 21.4 Å². The molecule has 80 valence electrons. The number of nitrogens with zero attached hydrogens (tertiary/aromatic N) is 2. The number of sulfone groups is 1. The summed E-state index contributed by atoms with van der Waals surface area (Å²) >= 11 is 5.57. The lowest BCUT2D eigenvalue weighted by Crippen LogP contribution is -2.18. The zero-order valence-corrected chi connectivity index (χ0v) is 9.72. The molecule has 0 amide bonds. The summed E-state index contributed by atoms with van der Waals surface area (Å²) in [4.78, 5) is 3.81. The number of aryl methyl sites for hydroxylation is 1. The van der Waals surface area contributed by atoms with Gasteiger partial charge in [-0.1, -0.05) is 6.92 Å². The summed E-state index contributed by atoms with van der Waals surface area (Å²) in [5, 5.41) is 0.106. The second kappa shape index (κ2) is 4.31. The lowest BCUT2D eigenvalue weighted by Gasteiger charge is -2.07. The number of rotatable bonds is 4. The third kappa shape index (κ3) is 2.48. The van der Waals surface area contributed by atoms with E-state index in [1.807, 2.05) is 0 Å². The summed E-state index contributed by atoms with van der Waals surface area (Å²) in [6.45, 7) is 1.80. The Morgan fingerprint density at radius 2 is 2.29 bits per heavy atom. The first-order valence-electron chi connectivity index (χ1n) is 4.23. The van der Waals surface area contributed by atoms with Gasteiger partial charge in [-0.25, -0.2) is 13.4 Å². The number of aromatic nitrogens is 2. The molecule has 0 fully saturated rings. The molecule has 0 radical (unpaired) electrons. The molecule has 1 rings (SSSR count). The number of imidazole rings is 1. The fourth-order valence-electron chi connectivity index (χ4n) is 1.15. The van der Waals surface area contributed by atoms with Crippen LogP contribution in [0.2, 0.25) is 0 Å². The van der Waals surface area contributed by atoms with E-state index in [0.717, 1.165) is 0 Å². The first kappa shape index (κ1) is 11.5. The van der Waals surface area contributed by atoms with Crippen molar-refractivity contribution in [3.63, 3.8) is 0 Å². The van der Waals surface area contributed by atoms with Crippen molar-refractivity contribution in [1.82, 2.24) is 9.55 Å². The molecule has 1 heterocycles. The van der Waals surface area contributed by atoms with Crippen molar-refractivity contribution in [3.8, 4) is 0 Å². The molecule has 1 atom stereocenters. The Hall–Kier alpha value is -0.550. The Morgan fingerprint density at radius 1 is 1.64 bits per heavy atom. The maximum absolute atomic E-state index is 11.7. The normalized spacial score (nSPS) is 14.2. The maximum atomic E-state index is 11.7. The Morgan fingerprint density at radius 3 is 2.71 bits per heavy atom. The van der Waals surface area contributed by atoms with E-state index in [0.29, 0.717) is 5.88 Å². The predicted octanol–water partition coefficient (Wildman–Crippen LogP) is 1.07. The van der Waals surface area contributed by atoms with Gasteiger partial charge in [0.1, 0.15) is 0 Å².